The van der Waals surface area contributed by atoms with Crippen molar-refractivity contribution >= 4 is 16.7 Å². The van der Waals surface area contributed by atoms with Gasteiger partial charge in [-0.05, 0) is 55.8 Å². The Balaban J connectivity index is 1.62. The number of hydrogen-bond donors (Lipinski definition) is 0. The van der Waals surface area contributed by atoms with Crippen LogP contribution >= 0.6 is 0 Å². The first-order valence-electron chi connectivity index (χ1n) is 8.44. The number of ether oxygens (including phenoxy) is 1. The zero-order valence-electron chi connectivity index (χ0n) is 13.3. The molecule has 0 bridgehead atoms. The molecule has 2 fully saturated rings. The van der Waals surface area contributed by atoms with Gasteiger partial charge in [0.1, 0.15) is 17.2 Å². The van der Waals surface area contributed by atoms with Crippen molar-refractivity contribution in [2.24, 2.45) is 0 Å². The summed E-state index contributed by atoms with van der Waals surface area (Å²) in [5, 5.41) is 0.885. The number of aromatic nitrogens is 1. The molecule has 0 radical (unpaired) electrons. The molecule has 0 N–H and O–H groups in total. The van der Waals surface area contributed by atoms with Gasteiger partial charge in [0.25, 0.3) is 0 Å². The molecule has 0 spiro atoms. The topological polar surface area (TPSA) is 28.6 Å². The number of likely N-dealkylation sites (tertiary alicyclic amines) is 1. The van der Waals surface area contributed by atoms with Gasteiger partial charge in [0, 0.05) is 25.0 Å². The van der Waals surface area contributed by atoms with E-state index >= 15 is 0 Å². The minimum Gasteiger partial charge on any atom is -0.378 e. The fourth-order valence-corrected chi connectivity index (χ4v) is 3.50. The van der Waals surface area contributed by atoms with Crippen molar-refractivity contribution < 1.29 is 9.13 Å². The maximum absolute atomic E-state index is 14.5. The SMILES string of the molecule is Fc1cc(CN2CCCC2)cc2ccc(N3CCOCC3)nc12. The molecule has 3 heterocycles. The number of fused-ring (bicyclic) bond motifs is 1. The number of nitrogens with zero attached hydrogens (tertiary/aromatic N) is 3. The standard InChI is InChI=1S/C18H22FN3O/c19-16-12-14(13-21-5-1-2-6-21)11-15-3-4-17(20-18(15)16)22-7-9-23-10-8-22/h3-4,11-12H,1-2,5-10,13H2. The highest BCUT2D eigenvalue weighted by Crippen LogP contribution is 2.24. The monoisotopic (exact) mass is 315 g/mol. The zero-order chi connectivity index (χ0) is 15.6. The first-order chi connectivity index (χ1) is 11.3. The highest BCUT2D eigenvalue weighted by Gasteiger charge is 2.16. The van der Waals surface area contributed by atoms with E-state index in [9.17, 15) is 4.39 Å². The van der Waals surface area contributed by atoms with Crippen LogP contribution in [0.1, 0.15) is 18.4 Å². The van der Waals surface area contributed by atoms with E-state index in [0.29, 0.717) is 18.7 Å². The highest BCUT2D eigenvalue weighted by atomic mass is 19.1. The molecule has 2 aromatic rings. The molecule has 1 aromatic carbocycles. The van der Waals surface area contributed by atoms with Crippen LogP contribution in [-0.2, 0) is 11.3 Å². The van der Waals surface area contributed by atoms with Gasteiger partial charge in [0.15, 0.2) is 0 Å². The third-order valence-electron chi connectivity index (χ3n) is 4.73. The molecule has 2 aliphatic rings. The molecule has 4 nitrogen and oxygen atoms in total. The van der Waals surface area contributed by atoms with Crippen LogP contribution in [-0.4, -0.2) is 49.3 Å². The molecule has 122 valence electrons. The van der Waals surface area contributed by atoms with Crippen LogP contribution in [0.3, 0.4) is 0 Å². The number of anilines is 1. The summed E-state index contributed by atoms with van der Waals surface area (Å²) in [6, 6.07) is 7.71. The minimum absolute atomic E-state index is 0.216. The van der Waals surface area contributed by atoms with Crippen LogP contribution in [0.4, 0.5) is 10.2 Å². The van der Waals surface area contributed by atoms with Crippen molar-refractivity contribution in [1.29, 1.82) is 0 Å². The smallest absolute Gasteiger partial charge is 0.149 e. The fourth-order valence-electron chi connectivity index (χ4n) is 3.50. The van der Waals surface area contributed by atoms with Gasteiger partial charge in [-0.2, -0.15) is 0 Å². The maximum Gasteiger partial charge on any atom is 0.149 e. The third-order valence-corrected chi connectivity index (χ3v) is 4.73. The number of hydrogen-bond acceptors (Lipinski definition) is 4. The summed E-state index contributed by atoms with van der Waals surface area (Å²) in [5.41, 5.74) is 1.51. The van der Waals surface area contributed by atoms with Gasteiger partial charge in [0.2, 0.25) is 0 Å². The summed E-state index contributed by atoms with van der Waals surface area (Å²) >= 11 is 0. The zero-order valence-corrected chi connectivity index (χ0v) is 13.3. The molecule has 0 aliphatic carbocycles. The second-order valence-electron chi connectivity index (χ2n) is 6.40. The fraction of sp³-hybridized carbons (Fsp3) is 0.500. The van der Waals surface area contributed by atoms with E-state index in [0.717, 1.165) is 49.5 Å². The number of pyridine rings is 1. The number of morpholine rings is 1. The van der Waals surface area contributed by atoms with Gasteiger partial charge >= 0.3 is 0 Å². The van der Waals surface area contributed by atoms with E-state index < -0.39 is 0 Å². The van der Waals surface area contributed by atoms with E-state index in [-0.39, 0.29) is 5.82 Å². The Bertz CT molecular complexity index is 694. The third kappa shape index (κ3) is 3.16. The van der Waals surface area contributed by atoms with Gasteiger partial charge in [-0.3, -0.25) is 4.90 Å². The summed E-state index contributed by atoms with van der Waals surface area (Å²) in [5.74, 6) is 0.624. The summed E-state index contributed by atoms with van der Waals surface area (Å²) < 4.78 is 19.9. The van der Waals surface area contributed by atoms with E-state index in [1.165, 1.54) is 12.8 Å². The molecule has 0 atom stereocenters. The predicted octanol–water partition coefficient (Wildman–Crippen LogP) is 2.81. The van der Waals surface area contributed by atoms with Gasteiger partial charge in [-0.25, -0.2) is 9.37 Å². The van der Waals surface area contributed by atoms with E-state index in [1.54, 1.807) is 6.07 Å². The Morgan fingerprint density at radius 3 is 2.61 bits per heavy atom. The lowest BCUT2D eigenvalue weighted by molar-refractivity contribution is 0.122. The van der Waals surface area contributed by atoms with Crippen LogP contribution in [0.5, 0.6) is 0 Å². The highest BCUT2D eigenvalue weighted by molar-refractivity contribution is 5.81. The Kier molecular flexibility index (Phi) is 4.14. The van der Waals surface area contributed by atoms with Crippen molar-refractivity contribution in [2.75, 3.05) is 44.3 Å². The molecule has 0 unspecified atom stereocenters. The Labute approximate surface area is 135 Å². The largest absolute Gasteiger partial charge is 0.378 e. The lowest BCUT2D eigenvalue weighted by atomic mass is 10.1. The van der Waals surface area contributed by atoms with Crippen LogP contribution < -0.4 is 4.90 Å². The molecular weight excluding hydrogens is 293 g/mol. The number of benzene rings is 1. The molecular formula is C18H22FN3O. The molecule has 0 amide bonds. The Morgan fingerprint density at radius 1 is 1.04 bits per heavy atom. The van der Waals surface area contributed by atoms with Gasteiger partial charge in [0.05, 0.1) is 13.2 Å². The van der Waals surface area contributed by atoms with E-state index in [1.807, 2.05) is 12.1 Å². The van der Waals surface area contributed by atoms with Gasteiger partial charge < -0.3 is 9.64 Å². The number of rotatable bonds is 3. The van der Waals surface area contributed by atoms with Crippen molar-refractivity contribution in [3.63, 3.8) is 0 Å². The van der Waals surface area contributed by atoms with Crippen LogP contribution in [0.15, 0.2) is 24.3 Å². The van der Waals surface area contributed by atoms with E-state index in [4.69, 9.17) is 4.74 Å². The molecule has 1 aromatic heterocycles. The first kappa shape index (κ1) is 14.8. The average molecular weight is 315 g/mol. The van der Waals surface area contributed by atoms with Crippen molar-refractivity contribution in [2.45, 2.75) is 19.4 Å². The van der Waals surface area contributed by atoms with Crippen molar-refractivity contribution in [3.05, 3.63) is 35.6 Å². The van der Waals surface area contributed by atoms with Gasteiger partial charge in [-0.1, -0.05) is 0 Å². The first-order valence-corrected chi connectivity index (χ1v) is 8.44. The van der Waals surface area contributed by atoms with Crippen LogP contribution in [0.2, 0.25) is 0 Å². The van der Waals surface area contributed by atoms with E-state index in [2.05, 4.69) is 20.9 Å². The Morgan fingerprint density at radius 2 is 1.83 bits per heavy atom. The van der Waals surface area contributed by atoms with Gasteiger partial charge in [-0.15, -0.1) is 0 Å². The average Bonchev–Trinajstić information content (AvgIpc) is 3.08. The van der Waals surface area contributed by atoms with Crippen LogP contribution in [0.25, 0.3) is 10.9 Å². The minimum atomic E-state index is -0.216. The van der Waals surface area contributed by atoms with Crippen LogP contribution in [0, 0.1) is 5.82 Å². The maximum atomic E-state index is 14.5. The summed E-state index contributed by atoms with van der Waals surface area (Å²) in [6.07, 6.45) is 2.50. The summed E-state index contributed by atoms with van der Waals surface area (Å²) in [7, 11) is 0. The normalized spacial score (nSPS) is 19.6. The predicted molar refractivity (Wildman–Crippen MR) is 89.2 cm³/mol. The second-order valence-corrected chi connectivity index (χ2v) is 6.40. The Hall–Kier alpha value is -1.72. The quantitative estimate of drug-likeness (QED) is 0.871. The molecule has 4 rings (SSSR count). The lowest BCUT2D eigenvalue weighted by Gasteiger charge is -2.28. The molecule has 2 aliphatic heterocycles. The summed E-state index contributed by atoms with van der Waals surface area (Å²) in [6.45, 7) is 6.11. The summed E-state index contributed by atoms with van der Waals surface area (Å²) in [4.78, 5) is 9.09. The van der Waals surface area contributed by atoms with Crippen molar-refractivity contribution in [1.82, 2.24) is 9.88 Å². The second kappa shape index (κ2) is 6.42. The molecule has 2 saturated heterocycles. The molecule has 0 saturated carbocycles. The molecule has 23 heavy (non-hydrogen) atoms. The molecule has 5 heteroatoms. The number of halogens is 1. The lowest BCUT2D eigenvalue weighted by Crippen LogP contribution is -2.36. The van der Waals surface area contributed by atoms with Crippen molar-refractivity contribution in [3.8, 4) is 0 Å².